The number of primary amides is 1. The summed E-state index contributed by atoms with van der Waals surface area (Å²) in [5.74, 6) is 0.782. The van der Waals surface area contributed by atoms with Gasteiger partial charge in [0.05, 0.1) is 13.1 Å². The third kappa shape index (κ3) is 2.28. The first kappa shape index (κ1) is 14.9. The normalized spacial score (nSPS) is 19.9. The first-order valence-corrected chi connectivity index (χ1v) is 8.10. The van der Waals surface area contributed by atoms with Gasteiger partial charge < -0.3 is 15.2 Å². The van der Waals surface area contributed by atoms with Gasteiger partial charge in [-0.15, -0.1) is 10.2 Å². The molecule has 2 N–H and O–H groups in total. The number of hydrogen-bond acceptors (Lipinski definition) is 4. The van der Waals surface area contributed by atoms with Crippen LogP contribution < -0.4 is 5.73 Å². The van der Waals surface area contributed by atoms with Crippen molar-refractivity contribution < 1.29 is 9.59 Å². The molecule has 0 saturated heterocycles. The zero-order chi connectivity index (χ0) is 16.8. The van der Waals surface area contributed by atoms with E-state index in [0.29, 0.717) is 25.2 Å². The van der Waals surface area contributed by atoms with Crippen LogP contribution in [0.5, 0.6) is 0 Å². The molecule has 4 rings (SSSR count). The predicted octanol–water partition coefficient (Wildman–Crippen LogP) is 0.198. The maximum Gasteiger partial charge on any atom is 0.242 e. The lowest BCUT2D eigenvalue weighted by Gasteiger charge is -2.35. The molecular formula is C17H19N5O2. The summed E-state index contributed by atoms with van der Waals surface area (Å²) in [5.41, 5.74) is 7.99. The lowest BCUT2D eigenvalue weighted by atomic mass is 10.0. The van der Waals surface area contributed by atoms with Crippen LogP contribution in [0.2, 0.25) is 0 Å². The maximum absolute atomic E-state index is 13.1. The number of carbonyl (C=O) groups is 2. The van der Waals surface area contributed by atoms with Crippen molar-refractivity contribution >= 4 is 11.8 Å². The first-order chi connectivity index (χ1) is 11.5. The molecule has 0 bridgehead atoms. The number of hydrogen-bond donors (Lipinski definition) is 1. The van der Waals surface area contributed by atoms with Gasteiger partial charge in [-0.2, -0.15) is 0 Å². The molecule has 0 spiro atoms. The number of benzene rings is 1. The van der Waals surface area contributed by atoms with Gasteiger partial charge in [0.2, 0.25) is 11.8 Å². The molecule has 0 radical (unpaired) electrons. The molecule has 1 aromatic heterocycles. The summed E-state index contributed by atoms with van der Waals surface area (Å²) in [5, 5.41) is 8.15. The Morgan fingerprint density at radius 1 is 1.17 bits per heavy atom. The Hall–Kier alpha value is -2.70. The number of aromatic nitrogens is 3. The van der Waals surface area contributed by atoms with E-state index in [1.54, 1.807) is 4.90 Å². The molecule has 1 aliphatic heterocycles. The van der Waals surface area contributed by atoms with Crippen molar-refractivity contribution in [2.45, 2.75) is 38.9 Å². The van der Waals surface area contributed by atoms with E-state index in [1.165, 1.54) is 11.1 Å². The van der Waals surface area contributed by atoms with Gasteiger partial charge in [0.25, 0.3) is 0 Å². The van der Waals surface area contributed by atoms with Crippen LogP contribution in [0.4, 0.5) is 0 Å². The molecule has 1 atom stereocenters. The van der Waals surface area contributed by atoms with Crippen LogP contribution >= 0.6 is 0 Å². The third-order valence-electron chi connectivity index (χ3n) is 5.07. The summed E-state index contributed by atoms with van der Waals surface area (Å²) < 4.78 is 1.86. The van der Waals surface area contributed by atoms with Gasteiger partial charge in [-0.1, -0.05) is 24.3 Å². The highest BCUT2D eigenvalue weighted by atomic mass is 16.2. The highest BCUT2D eigenvalue weighted by molar-refractivity contribution is 5.88. The molecular weight excluding hydrogens is 306 g/mol. The van der Waals surface area contributed by atoms with E-state index in [0.717, 1.165) is 5.82 Å². The van der Waals surface area contributed by atoms with Crippen molar-refractivity contribution in [2.24, 2.45) is 11.7 Å². The molecule has 1 aromatic carbocycles. The Morgan fingerprint density at radius 3 is 2.46 bits per heavy atom. The van der Waals surface area contributed by atoms with E-state index >= 15 is 0 Å². The van der Waals surface area contributed by atoms with E-state index in [1.807, 2.05) is 23.6 Å². The Balaban J connectivity index is 1.60. The van der Waals surface area contributed by atoms with Crippen molar-refractivity contribution in [1.82, 2.24) is 19.7 Å². The second-order valence-corrected chi connectivity index (χ2v) is 6.53. The molecule has 124 valence electrons. The average Bonchev–Trinajstić information content (AvgIpc) is 3.16. The van der Waals surface area contributed by atoms with Crippen LogP contribution in [-0.4, -0.2) is 37.5 Å². The van der Waals surface area contributed by atoms with Crippen molar-refractivity contribution in [1.29, 1.82) is 0 Å². The van der Waals surface area contributed by atoms with Crippen molar-refractivity contribution in [3.8, 4) is 0 Å². The number of amides is 2. The zero-order valence-electron chi connectivity index (χ0n) is 13.5. The van der Waals surface area contributed by atoms with Gasteiger partial charge in [0.1, 0.15) is 11.9 Å². The zero-order valence-corrected chi connectivity index (χ0v) is 13.5. The number of rotatable bonds is 2. The van der Waals surface area contributed by atoms with Crippen LogP contribution in [0.1, 0.15) is 22.8 Å². The molecule has 2 aromatic rings. The Morgan fingerprint density at radius 2 is 1.83 bits per heavy atom. The van der Waals surface area contributed by atoms with Gasteiger partial charge in [0, 0.05) is 5.92 Å². The fourth-order valence-corrected chi connectivity index (χ4v) is 3.76. The smallest absolute Gasteiger partial charge is 0.242 e. The monoisotopic (exact) mass is 325 g/mol. The number of nitrogens with two attached hydrogens (primary N) is 1. The fraction of sp³-hybridized carbons (Fsp3) is 0.412. The molecule has 2 heterocycles. The van der Waals surface area contributed by atoms with E-state index < -0.39 is 11.9 Å². The third-order valence-corrected chi connectivity index (χ3v) is 5.07. The van der Waals surface area contributed by atoms with E-state index in [-0.39, 0.29) is 18.4 Å². The van der Waals surface area contributed by atoms with Crippen LogP contribution in [0.3, 0.4) is 0 Å². The van der Waals surface area contributed by atoms with Gasteiger partial charge in [0.15, 0.2) is 5.82 Å². The van der Waals surface area contributed by atoms with Crippen molar-refractivity contribution in [2.75, 3.05) is 0 Å². The fourth-order valence-electron chi connectivity index (χ4n) is 3.76. The second kappa shape index (κ2) is 5.43. The van der Waals surface area contributed by atoms with Gasteiger partial charge in [-0.25, -0.2) is 0 Å². The van der Waals surface area contributed by atoms with Crippen LogP contribution in [0, 0.1) is 12.8 Å². The summed E-state index contributed by atoms with van der Waals surface area (Å²) in [6, 6.07) is 7.45. The van der Waals surface area contributed by atoms with Crippen LogP contribution in [0.15, 0.2) is 24.3 Å². The molecule has 0 saturated carbocycles. The van der Waals surface area contributed by atoms with E-state index in [4.69, 9.17) is 5.73 Å². The average molecular weight is 325 g/mol. The lowest BCUT2D eigenvalue weighted by Crippen LogP contribution is -2.54. The number of fused-ring (bicyclic) bond motifs is 2. The van der Waals surface area contributed by atoms with Crippen LogP contribution in [-0.2, 0) is 35.5 Å². The summed E-state index contributed by atoms with van der Waals surface area (Å²) >= 11 is 0. The largest absolute Gasteiger partial charge is 0.368 e. The van der Waals surface area contributed by atoms with Crippen LogP contribution in [0.25, 0.3) is 0 Å². The molecule has 2 aliphatic rings. The molecule has 1 unspecified atom stereocenters. The minimum atomic E-state index is -0.650. The summed E-state index contributed by atoms with van der Waals surface area (Å²) in [6.45, 7) is 2.44. The maximum atomic E-state index is 13.1. The summed E-state index contributed by atoms with van der Waals surface area (Å²) in [4.78, 5) is 26.6. The quantitative estimate of drug-likeness (QED) is 0.853. The molecule has 0 fully saturated rings. The molecule has 2 amide bonds. The molecule has 24 heavy (non-hydrogen) atoms. The number of nitrogens with zero attached hydrogens (tertiary/aromatic N) is 4. The second-order valence-electron chi connectivity index (χ2n) is 6.53. The lowest BCUT2D eigenvalue weighted by molar-refractivity contribution is -0.145. The van der Waals surface area contributed by atoms with Crippen molar-refractivity contribution in [3.63, 3.8) is 0 Å². The van der Waals surface area contributed by atoms with Crippen molar-refractivity contribution in [3.05, 3.63) is 47.0 Å². The predicted molar refractivity (Wildman–Crippen MR) is 85.6 cm³/mol. The SMILES string of the molecule is Cc1nnc2n1CC(C(N)=O)N(C(=O)C1Cc3ccccc3C1)C2. The summed E-state index contributed by atoms with van der Waals surface area (Å²) in [7, 11) is 0. The Labute approximate surface area is 139 Å². The Bertz CT molecular complexity index is 803. The summed E-state index contributed by atoms with van der Waals surface area (Å²) in [6.07, 6.45) is 1.42. The molecule has 1 aliphatic carbocycles. The van der Waals surface area contributed by atoms with Gasteiger partial charge in [-0.3, -0.25) is 9.59 Å². The molecule has 7 heteroatoms. The van der Waals surface area contributed by atoms with E-state index in [2.05, 4.69) is 22.3 Å². The number of carbonyl (C=O) groups excluding carboxylic acids is 2. The van der Waals surface area contributed by atoms with Gasteiger partial charge in [-0.05, 0) is 30.9 Å². The van der Waals surface area contributed by atoms with E-state index in [9.17, 15) is 9.59 Å². The standard InChI is InChI=1S/C17H19N5O2/c1-10-19-20-15-9-22(14(16(18)23)8-21(10)15)17(24)13-6-11-4-2-3-5-12(11)7-13/h2-5,13-14H,6-9H2,1H3,(H2,18,23). The topological polar surface area (TPSA) is 94.1 Å². The first-order valence-electron chi connectivity index (χ1n) is 8.10. The highest BCUT2D eigenvalue weighted by Gasteiger charge is 2.39. The minimum absolute atomic E-state index is 0.0260. The number of aryl methyl sites for hydroxylation is 1. The Kier molecular flexibility index (Phi) is 3.37. The highest BCUT2D eigenvalue weighted by Crippen LogP contribution is 2.30. The van der Waals surface area contributed by atoms with Gasteiger partial charge >= 0.3 is 0 Å². The minimum Gasteiger partial charge on any atom is -0.368 e. The molecule has 7 nitrogen and oxygen atoms in total.